The zero-order chi connectivity index (χ0) is 11.5. The number of aromatic nitrogens is 2. The Morgan fingerprint density at radius 3 is 2.69 bits per heavy atom. The minimum Gasteiger partial charge on any atom is -0.338 e. The zero-order valence-electron chi connectivity index (χ0n) is 10.1. The van der Waals surface area contributed by atoms with Crippen LogP contribution in [0.3, 0.4) is 0 Å². The van der Waals surface area contributed by atoms with E-state index in [-0.39, 0.29) is 6.04 Å². The number of nitrogens with zero attached hydrogens (tertiary/aromatic N) is 2. The molecule has 1 aromatic heterocycles. The first-order valence-electron chi connectivity index (χ1n) is 6.29. The van der Waals surface area contributed by atoms with Crippen molar-refractivity contribution in [1.82, 2.24) is 10.1 Å². The summed E-state index contributed by atoms with van der Waals surface area (Å²) in [7, 11) is 0. The Bertz CT molecular complexity index is 329. The van der Waals surface area contributed by atoms with Gasteiger partial charge in [-0.2, -0.15) is 4.98 Å². The van der Waals surface area contributed by atoms with Crippen LogP contribution in [0.4, 0.5) is 0 Å². The maximum atomic E-state index is 5.86. The summed E-state index contributed by atoms with van der Waals surface area (Å²) < 4.78 is 5.21. The lowest BCUT2D eigenvalue weighted by Gasteiger charge is -2.23. The molecule has 4 nitrogen and oxygen atoms in total. The lowest BCUT2D eigenvalue weighted by Crippen LogP contribution is -2.13. The van der Waals surface area contributed by atoms with Gasteiger partial charge in [-0.15, -0.1) is 0 Å². The van der Waals surface area contributed by atoms with Gasteiger partial charge in [0.05, 0.1) is 6.04 Å². The fourth-order valence-corrected chi connectivity index (χ4v) is 2.26. The van der Waals surface area contributed by atoms with Crippen molar-refractivity contribution in [3.05, 3.63) is 11.7 Å². The molecule has 0 amide bonds. The molecule has 4 heteroatoms. The van der Waals surface area contributed by atoms with Crippen LogP contribution in [-0.4, -0.2) is 10.1 Å². The molecule has 1 aliphatic carbocycles. The summed E-state index contributed by atoms with van der Waals surface area (Å²) in [5.41, 5.74) is 5.86. The average Bonchev–Trinajstić information content (AvgIpc) is 2.78. The van der Waals surface area contributed by atoms with Gasteiger partial charge in [0.1, 0.15) is 0 Å². The molecule has 90 valence electrons. The molecule has 1 unspecified atom stereocenters. The molecule has 2 rings (SSSR count). The molecule has 0 spiro atoms. The highest BCUT2D eigenvalue weighted by molar-refractivity contribution is 4.99. The molecule has 1 aliphatic rings. The first-order chi connectivity index (χ1) is 7.70. The molecule has 1 heterocycles. The summed E-state index contributed by atoms with van der Waals surface area (Å²) >= 11 is 0. The van der Waals surface area contributed by atoms with Crippen LogP contribution in [0.5, 0.6) is 0 Å². The van der Waals surface area contributed by atoms with E-state index in [9.17, 15) is 0 Å². The van der Waals surface area contributed by atoms with E-state index in [0.717, 1.165) is 18.2 Å². The van der Waals surface area contributed by atoms with Gasteiger partial charge in [-0.3, -0.25) is 0 Å². The molecule has 1 aromatic rings. The Balaban J connectivity index is 2.01. The van der Waals surface area contributed by atoms with E-state index in [4.69, 9.17) is 10.3 Å². The van der Waals surface area contributed by atoms with E-state index in [2.05, 4.69) is 17.1 Å². The molecule has 16 heavy (non-hydrogen) atoms. The van der Waals surface area contributed by atoms with Crippen molar-refractivity contribution in [2.24, 2.45) is 11.7 Å². The summed E-state index contributed by atoms with van der Waals surface area (Å²) in [6, 6.07) is -0.108. The van der Waals surface area contributed by atoms with Crippen molar-refractivity contribution in [2.75, 3.05) is 0 Å². The molecule has 0 bridgehead atoms. The lowest BCUT2D eigenvalue weighted by atomic mass is 9.83. The third-order valence-corrected chi connectivity index (χ3v) is 3.60. The molecule has 1 fully saturated rings. The summed E-state index contributed by atoms with van der Waals surface area (Å²) in [5.74, 6) is 2.79. The highest BCUT2D eigenvalue weighted by Crippen LogP contribution is 2.34. The highest BCUT2D eigenvalue weighted by atomic mass is 16.5. The SMILES string of the molecule is CCC(N)c1nc(C2CCC(C)CC2)no1. The van der Waals surface area contributed by atoms with E-state index < -0.39 is 0 Å². The maximum absolute atomic E-state index is 5.86. The summed E-state index contributed by atoms with van der Waals surface area (Å²) in [5, 5.41) is 4.07. The number of rotatable bonds is 3. The van der Waals surface area contributed by atoms with Gasteiger partial charge in [0, 0.05) is 5.92 Å². The van der Waals surface area contributed by atoms with E-state index in [1.807, 2.05) is 6.92 Å². The monoisotopic (exact) mass is 223 g/mol. The summed E-state index contributed by atoms with van der Waals surface area (Å²) in [6.07, 6.45) is 5.75. The zero-order valence-corrected chi connectivity index (χ0v) is 10.1. The molecule has 0 radical (unpaired) electrons. The van der Waals surface area contributed by atoms with Crippen molar-refractivity contribution >= 4 is 0 Å². The third-order valence-electron chi connectivity index (χ3n) is 3.60. The number of hydrogen-bond donors (Lipinski definition) is 1. The van der Waals surface area contributed by atoms with E-state index in [1.54, 1.807) is 0 Å². The van der Waals surface area contributed by atoms with Crippen LogP contribution >= 0.6 is 0 Å². The van der Waals surface area contributed by atoms with Crippen LogP contribution in [0, 0.1) is 5.92 Å². The summed E-state index contributed by atoms with van der Waals surface area (Å²) in [4.78, 5) is 4.43. The first kappa shape index (κ1) is 11.6. The molecule has 0 aromatic carbocycles. The topological polar surface area (TPSA) is 64.9 Å². The van der Waals surface area contributed by atoms with E-state index >= 15 is 0 Å². The number of hydrogen-bond acceptors (Lipinski definition) is 4. The second-order valence-electron chi connectivity index (χ2n) is 4.96. The summed E-state index contributed by atoms with van der Waals surface area (Å²) in [6.45, 7) is 4.34. The second kappa shape index (κ2) is 4.95. The molecule has 0 aliphatic heterocycles. The quantitative estimate of drug-likeness (QED) is 0.855. The van der Waals surface area contributed by atoms with Crippen molar-refractivity contribution < 1.29 is 4.52 Å². The lowest BCUT2D eigenvalue weighted by molar-refractivity contribution is 0.318. The van der Waals surface area contributed by atoms with Crippen molar-refractivity contribution in [2.45, 2.75) is 57.9 Å². The van der Waals surface area contributed by atoms with Gasteiger partial charge >= 0.3 is 0 Å². The van der Waals surface area contributed by atoms with Crippen LogP contribution in [0.15, 0.2) is 4.52 Å². The molecular formula is C12H21N3O. The predicted molar refractivity (Wildman–Crippen MR) is 61.9 cm³/mol. The van der Waals surface area contributed by atoms with Crippen LogP contribution < -0.4 is 5.73 Å². The largest absolute Gasteiger partial charge is 0.338 e. The second-order valence-corrected chi connectivity index (χ2v) is 4.96. The maximum Gasteiger partial charge on any atom is 0.243 e. The van der Waals surface area contributed by atoms with Gasteiger partial charge < -0.3 is 10.3 Å². The Hall–Kier alpha value is -0.900. The Morgan fingerprint density at radius 1 is 1.38 bits per heavy atom. The van der Waals surface area contributed by atoms with Crippen LogP contribution in [0.1, 0.15) is 69.6 Å². The molecular weight excluding hydrogens is 202 g/mol. The highest BCUT2D eigenvalue weighted by Gasteiger charge is 2.24. The predicted octanol–water partition coefficient (Wildman–Crippen LogP) is 2.77. The van der Waals surface area contributed by atoms with Gasteiger partial charge in [-0.25, -0.2) is 0 Å². The fraction of sp³-hybridized carbons (Fsp3) is 0.833. The molecule has 1 atom stereocenters. The van der Waals surface area contributed by atoms with Crippen LogP contribution in [0.25, 0.3) is 0 Å². The van der Waals surface area contributed by atoms with Crippen molar-refractivity contribution in [3.8, 4) is 0 Å². The molecule has 1 saturated carbocycles. The fourth-order valence-electron chi connectivity index (χ4n) is 2.26. The Kier molecular flexibility index (Phi) is 3.59. The Morgan fingerprint density at radius 2 is 2.06 bits per heavy atom. The van der Waals surface area contributed by atoms with Crippen LogP contribution in [0.2, 0.25) is 0 Å². The van der Waals surface area contributed by atoms with Gasteiger partial charge in [-0.1, -0.05) is 31.8 Å². The smallest absolute Gasteiger partial charge is 0.243 e. The standard InChI is InChI=1S/C12H21N3O/c1-3-10(13)12-14-11(15-16-12)9-6-4-8(2)5-7-9/h8-10H,3-7,13H2,1-2H3. The third kappa shape index (κ3) is 2.43. The normalized spacial score (nSPS) is 27.9. The minimum absolute atomic E-state index is 0.108. The van der Waals surface area contributed by atoms with Gasteiger partial charge in [0.15, 0.2) is 5.82 Å². The first-order valence-corrected chi connectivity index (χ1v) is 6.29. The minimum atomic E-state index is -0.108. The van der Waals surface area contributed by atoms with Crippen molar-refractivity contribution in [3.63, 3.8) is 0 Å². The van der Waals surface area contributed by atoms with Crippen LogP contribution in [-0.2, 0) is 0 Å². The van der Waals surface area contributed by atoms with E-state index in [0.29, 0.717) is 11.8 Å². The molecule has 2 N–H and O–H groups in total. The van der Waals surface area contributed by atoms with Gasteiger partial charge in [-0.05, 0) is 25.2 Å². The van der Waals surface area contributed by atoms with Gasteiger partial charge in [0.25, 0.3) is 0 Å². The van der Waals surface area contributed by atoms with E-state index in [1.165, 1.54) is 25.7 Å². The average molecular weight is 223 g/mol. The van der Waals surface area contributed by atoms with Gasteiger partial charge in [0.2, 0.25) is 5.89 Å². The number of nitrogens with two attached hydrogens (primary N) is 1. The Labute approximate surface area is 96.6 Å². The van der Waals surface area contributed by atoms with Crippen molar-refractivity contribution in [1.29, 1.82) is 0 Å². The molecule has 0 saturated heterocycles.